The third-order valence-corrected chi connectivity index (χ3v) is 4.51. The number of nitrogens with zero attached hydrogens (tertiary/aromatic N) is 2. The Morgan fingerprint density at radius 1 is 1.26 bits per heavy atom. The first kappa shape index (κ1) is 14.6. The van der Waals surface area contributed by atoms with Crippen LogP contribution in [0.5, 0.6) is 0 Å². The fourth-order valence-electron chi connectivity index (χ4n) is 3.21. The van der Waals surface area contributed by atoms with Crippen LogP contribution >= 0.6 is 0 Å². The van der Waals surface area contributed by atoms with Crippen molar-refractivity contribution >= 4 is 0 Å². The van der Waals surface area contributed by atoms with E-state index in [1.54, 1.807) is 0 Å². The lowest BCUT2D eigenvalue weighted by Gasteiger charge is -2.28. The largest absolute Gasteiger partial charge is 0.314 e. The molecule has 0 bridgehead atoms. The Morgan fingerprint density at radius 3 is 2.58 bits per heavy atom. The minimum Gasteiger partial charge on any atom is -0.314 e. The zero-order valence-electron chi connectivity index (χ0n) is 12.8. The van der Waals surface area contributed by atoms with E-state index in [9.17, 15) is 0 Å². The van der Waals surface area contributed by atoms with Gasteiger partial charge in [0.1, 0.15) is 0 Å². The van der Waals surface area contributed by atoms with Crippen LogP contribution in [0.1, 0.15) is 56.8 Å². The minimum absolute atomic E-state index is 0.767. The van der Waals surface area contributed by atoms with Gasteiger partial charge in [0, 0.05) is 18.3 Å². The third kappa shape index (κ3) is 4.34. The van der Waals surface area contributed by atoms with Gasteiger partial charge < -0.3 is 5.32 Å². The molecule has 0 atom stereocenters. The molecule has 1 saturated carbocycles. The molecule has 1 N–H and O–H groups in total. The van der Waals surface area contributed by atoms with Crippen molar-refractivity contribution in [3.8, 4) is 0 Å². The second-order valence-electron chi connectivity index (χ2n) is 6.08. The highest BCUT2D eigenvalue weighted by Gasteiger charge is 2.18. The predicted octanol–water partition coefficient (Wildman–Crippen LogP) is 3.45. The molecule has 1 aliphatic rings. The van der Waals surface area contributed by atoms with Gasteiger partial charge in [0.05, 0.1) is 5.69 Å². The summed E-state index contributed by atoms with van der Waals surface area (Å²) in [6, 6.07) is 2.92. The Labute approximate surface area is 117 Å². The van der Waals surface area contributed by atoms with Crippen LogP contribution in [0.3, 0.4) is 0 Å². The molecular formula is C16H29N3. The molecule has 0 unspecified atom stereocenters. The van der Waals surface area contributed by atoms with Gasteiger partial charge in [0.2, 0.25) is 0 Å². The Morgan fingerprint density at radius 2 is 2.00 bits per heavy atom. The van der Waals surface area contributed by atoms with Gasteiger partial charge in [-0.15, -0.1) is 0 Å². The topological polar surface area (TPSA) is 29.9 Å². The third-order valence-electron chi connectivity index (χ3n) is 4.51. The van der Waals surface area contributed by atoms with Gasteiger partial charge in [-0.25, -0.2) is 0 Å². The highest BCUT2D eigenvalue weighted by atomic mass is 15.3. The SMILES string of the molecule is CCC1CCC(NCCCn2nc(C)cc2C)CC1. The molecule has 0 radical (unpaired) electrons. The Balaban J connectivity index is 1.61. The van der Waals surface area contributed by atoms with Crippen molar-refractivity contribution in [2.24, 2.45) is 5.92 Å². The molecule has 1 heterocycles. The van der Waals surface area contributed by atoms with E-state index in [1.165, 1.54) is 44.2 Å². The van der Waals surface area contributed by atoms with E-state index in [4.69, 9.17) is 0 Å². The fourth-order valence-corrected chi connectivity index (χ4v) is 3.21. The number of hydrogen-bond donors (Lipinski definition) is 1. The van der Waals surface area contributed by atoms with Crippen LogP contribution in [0.4, 0.5) is 0 Å². The first-order valence-electron chi connectivity index (χ1n) is 7.93. The summed E-state index contributed by atoms with van der Waals surface area (Å²) >= 11 is 0. The molecule has 0 aromatic carbocycles. The monoisotopic (exact) mass is 263 g/mol. The molecule has 3 nitrogen and oxygen atoms in total. The van der Waals surface area contributed by atoms with Crippen LogP contribution in [0, 0.1) is 19.8 Å². The summed E-state index contributed by atoms with van der Waals surface area (Å²) in [5, 5.41) is 8.23. The Hall–Kier alpha value is -0.830. The second kappa shape index (κ2) is 7.09. The van der Waals surface area contributed by atoms with E-state index in [-0.39, 0.29) is 0 Å². The zero-order valence-corrected chi connectivity index (χ0v) is 12.8. The summed E-state index contributed by atoms with van der Waals surface area (Å²) in [5.74, 6) is 0.993. The number of hydrogen-bond acceptors (Lipinski definition) is 2. The van der Waals surface area contributed by atoms with E-state index in [1.807, 2.05) is 0 Å². The Kier molecular flexibility index (Phi) is 5.44. The maximum atomic E-state index is 4.50. The van der Waals surface area contributed by atoms with Crippen LogP contribution in [-0.2, 0) is 6.54 Å². The van der Waals surface area contributed by atoms with E-state index in [2.05, 4.69) is 41.9 Å². The zero-order chi connectivity index (χ0) is 13.7. The molecule has 108 valence electrons. The number of rotatable bonds is 6. The fraction of sp³-hybridized carbons (Fsp3) is 0.812. The molecule has 1 fully saturated rings. The Bertz CT molecular complexity index is 375. The molecule has 3 heteroatoms. The van der Waals surface area contributed by atoms with Gasteiger partial charge in [-0.05, 0) is 64.5 Å². The van der Waals surface area contributed by atoms with Crippen molar-refractivity contribution in [2.45, 2.75) is 71.9 Å². The van der Waals surface area contributed by atoms with Crippen molar-refractivity contribution in [3.63, 3.8) is 0 Å². The van der Waals surface area contributed by atoms with E-state index >= 15 is 0 Å². The second-order valence-corrected chi connectivity index (χ2v) is 6.08. The summed E-state index contributed by atoms with van der Waals surface area (Å²) in [4.78, 5) is 0. The molecule has 1 aromatic heterocycles. The summed E-state index contributed by atoms with van der Waals surface area (Å²) in [6.45, 7) is 8.69. The van der Waals surface area contributed by atoms with Gasteiger partial charge in [-0.3, -0.25) is 4.68 Å². The van der Waals surface area contributed by atoms with Crippen LogP contribution in [0.15, 0.2) is 6.07 Å². The molecule has 0 aliphatic heterocycles. The maximum Gasteiger partial charge on any atom is 0.0596 e. The molecule has 19 heavy (non-hydrogen) atoms. The molecule has 0 amide bonds. The van der Waals surface area contributed by atoms with Crippen molar-refractivity contribution in [3.05, 3.63) is 17.5 Å². The first-order chi connectivity index (χ1) is 9.19. The van der Waals surface area contributed by atoms with Crippen molar-refractivity contribution < 1.29 is 0 Å². The molecule has 1 aromatic rings. The summed E-state index contributed by atoms with van der Waals surface area (Å²) in [6.07, 6.45) is 8.13. The molecule has 0 spiro atoms. The lowest BCUT2D eigenvalue weighted by Crippen LogP contribution is -2.34. The highest BCUT2D eigenvalue weighted by Crippen LogP contribution is 2.26. The average molecular weight is 263 g/mol. The normalized spacial score (nSPS) is 23.7. The molecule has 1 aliphatic carbocycles. The van der Waals surface area contributed by atoms with E-state index in [0.717, 1.165) is 30.7 Å². The smallest absolute Gasteiger partial charge is 0.0596 e. The van der Waals surface area contributed by atoms with Crippen LogP contribution in [-0.4, -0.2) is 22.4 Å². The lowest BCUT2D eigenvalue weighted by atomic mass is 9.84. The lowest BCUT2D eigenvalue weighted by molar-refractivity contribution is 0.284. The summed E-state index contributed by atoms with van der Waals surface area (Å²) in [5.41, 5.74) is 2.41. The van der Waals surface area contributed by atoms with Gasteiger partial charge in [0.15, 0.2) is 0 Å². The first-order valence-corrected chi connectivity index (χ1v) is 7.93. The minimum atomic E-state index is 0.767. The van der Waals surface area contributed by atoms with Gasteiger partial charge >= 0.3 is 0 Å². The van der Waals surface area contributed by atoms with Crippen LogP contribution in [0.25, 0.3) is 0 Å². The van der Waals surface area contributed by atoms with Crippen molar-refractivity contribution in [1.82, 2.24) is 15.1 Å². The number of aryl methyl sites for hydroxylation is 3. The predicted molar refractivity (Wildman–Crippen MR) is 80.4 cm³/mol. The molecule has 2 rings (SSSR count). The van der Waals surface area contributed by atoms with E-state index < -0.39 is 0 Å². The quantitative estimate of drug-likeness (QED) is 0.797. The average Bonchev–Trinajstić information content (AvgIpc) is 2.74. The molecule has 0 saturated heterocycles. The van der Waals surface area contributed by atoms with Gasteiger partial charge in [-0.2, -0.15) is 5.10 Å². The number of aromatic nitrogens is 2. The number of nitrogens with one attached hydrogen (secondary N) is 1. The maximum absolute atomic E-state index is 4.50. The van der Waals surface area contributed by atoms with Crippen molar-refractivity contribution in [1.29, 1.82) is 0 Å². The standard InChI is InChI=1S/C16H29N3/c1-4-15-6-8-16(9-7-15)17-10-5-11-19-14(3)12-13(2)18-19/h12,15-17H,4-11H2,1-3H3. The highest BCUT2D eigenvalue weighted by molar-refractivity contribution is 5.06. The summed E-state index contributed by atoms with van der Waals surface area (Å²) < 4.78 is 2.13. The van der Waals surface area contributed by atoms with Crippen molar-refractivity contribution in [2.75, 3.05) is 6.54 Å². The molecular weight excluding hydrogens is 234 g/mol. The summed E-state index contributed by atoms with van der Waals surface area (Å²) in [7, 11) is 0. The van der Waals surface area contributed by atoms with Gasteiger partial charge in [-0.1, -0.05) is 13.3 Å². The van der Waals surface area contributed by atoms with Crippen LogP contribution in [0.2, 0.25) is 0 Å². The van der Waals surface area contributed by atoms with E-state index in [0.29, 0.717) is 0 Å². The van der Waals surface area contributed by atoms with Crippen LogP contribution < -0.4 is 5.32 Å². The van der Waals surface area contributed by atoms with Gasteiger partial charge in [0.25, 0.3) is 0 Å².